The van der Waals surface area contributed by atoms with Crippen molar-refractivity contribution in [3.05, 3.63) is 53.9 Å². The molecule has 10 nitrogen and oxygen atoms in total. The van der Waals surface area contributed by atoms with E-state index in [0.717, 1.165) is 89.3 Å². The van der Waals surface area contributed by atoms with Gasteiger partial charge in [-0.1, -0.05) is 18.2 Å². The normalized spacial score (nSPS) is 16.4. The van der Waals surface area contributed by atoms with Crippen molar-refractivity contribution in [1.82, 2.24) is 29.6 Å². The Bertz CT molecular complexity index is 1590. The number of anilines is 3. The summed E-state index contributed by atoms with van der Waals surface area (Å²) in [5, 5.41) is 9.11. The molecule has 5 aromatic rings. The van der Waals surface area contributed by atoms with E-state index in [1.165, 1.54) is 6.33 Å². The number of aryl methyl sites for hydroxylation is 2. The Labute approximate surface area is 220 Å². The standard InChI is InChI=1S/C28H32N8O2/c1-17-13-18(2)25-22(14-17)33-28(38-25)32-20-8-6-19(7-9-20)24-23-26(29)30-16-31-27(23)36(34-24)21-5-4-10-35(15-21)11-12-37-3/h6-9,13-14,16,21H,4-5,10-12,15H2,1-3H3,(H,32,33)(H2,29,30,31)/t21-/m0/s1. The van der Waals surface area contributed by atoms with Crippen molar-refractivity contribution in [2.45, 2.75) is 32.7 Å². The van der Waals surface area contributed by atoms with Crippen LogP contribution in [0.2, 0.25) is 0 Å². The number of ether oxygens (including phenoxy) is 1. The van der Waals surface area contributed by atoms with Gasteiger partial charge in [0.05, 0.1) is 18.0 Å². The van der Waals surface area contributed by atoms with Crippen molar-refractivity contribution in [2.75, 3.05) is 44.4 Å². The van der Waals surface area contributed by atoms with Gasteiger partial charge in [-0.3, -0.25) is 4.90 Å². The van der Waals surface area contributed by atoms with Gasteiger partial charge in [-0.2, -0.15) is 10.1 Å². The summed E-state index contributed by atoms with van der Waals surface area (Å²) in [5.41, 5.74) is 13.6. The number of aromatic nitrogens is 5. The van der Waals surface area contributed by atoms with Gasteiger partial charge in [-0.05, 0) is 62.6 Å². The van der Waals surface area contributed by atoms with E-state index in [1.807, 2.05) is 41.9 Å². The minimum Gasteiger partial charge on any atom is -0.423 e. The molecule has 1 aliphatic heterocycles. The number of oxazole rings is 1. The summed E-state index contributed by atoms with van der Waals surface area (Å²) in [6, 6.07) is 12.8. The lowest BCUT2D eigenvalue weighted by molar-refractivity contribution is 0.114. The molecular formula is C28H32N8O2. The summed E-state index contributed by atoms with van der Waals surface area (Å²) in [7, 11) is 1.74. The smallest absolute Gasteiger partial charge is 0.300 e. The highest BCUT2D eigenvalue weighted by atomic mass is 16.5. The Balaban J connectivity index is 1.29. The molecule has 0 aliphatic carbocycles. The van der Waals surface area contributed by atoms with Crippen LogP contribution in [0.1, 0.15) is 30.0 Å². The number of rotatable bonds is 7. The zero-order valence-corrected chi connectivity index (χ0v) is 21.9. The predicted octanol–water partition coefficient (Wildman–Crippen LogP) is 4.86. The third-order valence-electron chi connectivity index (χ3n) is 7.19. The summed E-state index contributed by atoms with van der Waals surface area (Å²) >= 11 is 0. The third kappa shape index (κ3) is 4.57. The Hall–Kier alpha value is -4.02. The van der Waals surface area contributed by atoms with Gasteiger partial charge >= 0.3 is 0 Å². The van der Waals surface area contributed by atoms with Crippen LogP contribution in [0, 0.1) is 13.8 Å². The molecule has 4 heterocycles. The quantitative estimate of drug-likeness (QED) is 0.315. The zero-order valence-electron chi connectivity index (χ0n) is 21.9. The van der Waals surface area contributed by atoms with Gasteiger partial charge in [0.1, 0.15) is 23.4 Å². The average Bonchev–Trinajstić information content (AvgIpc) is 3.50. The molecule has 0 spiro atoms. The van der Waals surface area contributed by atoms with Gasteiger partial charge in [-0.25, -0.2) is 14.6 Å². The lowest BCUT2D eigenvalue weighted by Gasteiger charge is -2.32. The van der Waals surface area contributed by atoms with Gasteiger partial charge in [0.2, 0.25) is 0 Å². The third-order valence-corrected chi connectivity index (χ3v) is 7.19. The number of fused-ring (bicyclic) bond motifs is 2. The van der Waals surface area contributed by atoms with Crippen molar-refractivity contribution >= 4 is 39.7 Å². The molecular weight excluding hydrogens is 480 g/mol. The molecule has 3 N–H and O–H groups in total. The first-order valence-corrected chi connectivity index (χ1v) is 13.0. The zero-order chi connectivity index (χ0) is 26.2. The number of likely N-dealkylation sites (tertiary alicyclic amines) is 1. The highest BCUT2D eigenvalue weighted by molar-refractivity contribution is 5.98. The largest absolute Gasteiger partial charge is 0.423 e. The molecule has 2 aromatic carbocycles. The number of hydrogen-bond acceptors (Lipinski definition) is 9. The first-order chi connectivity index (χ1) is 18.5. The predicted molar refractivity (Wildman–Crippen MR) is 149 cm³/mol. The molecule has 10 heteroatoms. The summed E-state index contributed by atoms with van der Waals surface area (Å²) < 4.78 is 13.3. The second kappa shape index (κ2) is 10.0. The van der Waals surface area contributed by atoms with Crippen LogP contribution in [-0.2, 0) is 4.74 Å². The maximum Gasteiger partial charge on any atom is 0.300 e. The molecule has 0 unspecified atom stereocenters. The lowest BCUT2D eigenvalue weighted by atomic mass is 10.1. The van der Waals surface area contributed by atoms with Crippen molar-refractivity contribution in [3.8, 4) is 11.3 Å². The van der Waals surface area contributed by atoms with E-state index >= 15 is 0 Å². The van der Waals surface area contributed by atoms with Gasteiger partial charge in [0, 0.05) is 31.5 Å². The fourth-order valence-electron chi connectivity index (χ4n) is 5.37. The maximum atomic E-state index is 6.36. The first-order valence-electron chi connectivity index (χ1n) is 13.0. The Kier molecular flexibility index (Phi) is 6.42. The van der Waals surface area contributed by atoms with Crippen LogP contribution < -0.4 is 11.1 Å². The Morgan fingerprint density at radius 1 is 1.16 bits per heavy atom. The fraction of sp³-hybridized carbons (Fsp3) is 0.357. The number of piperidine rings is 1. The van der Waals surface area contributed by atoms with E-state index in [2.05, 4.69) is 38.2 Å². The molecule has 196 valence electrons. The molecule has 0 saturated carbocycles. The van der Waals surface area contributed by atoms with Crippen LogP contribution >= 0.6 is 0 Å². The van der Waals surface area contributed by atoms with Gasteiger partial charge in [-0.15, -0.1) is 0 Å². The van der Waals surface area contributed by atoms with Crippen LogP contribution in [0.25, 0.3) is 33.4 Å². The second-order valence-corrected chi connectivity index (χ2v) is 9.99. The van der Waals surface area contributed by atoms with E-state index in [1.54, 1.807) is 7.11 Å². The van der Waals surface area contributed by atoms with E-state index in [4.69, 9.17) is 20.0 Å². The molecule has 1 atom stereocenters. The van der Waals surface area contributed by atoms with E-state index < -0.39 is 0 Å². The SMILES string of the molecule is COCCN1CCC[C@H](n2nc(-c3ccc(Nc4nc5cc(C)cc(C)c5o4)cc3)c3c(N)ncnc32)C1. The van der Waals surface area contributed by atoms with Crippen molar-refractivity contribution in [3.63, 3.8) is 0 Å². The number of benzene rings is 2. The molecule has 1 saturated heterocycles. The molecule has 6 rings (SSSR count). The molecule has 3 aromatic heterocycles. The average molecular weight is 513 g/mol. The molecule has 0 radical (unpaired) electrons. The van der Waals surface area contributed by atoms with Gasteiger partial charge in [0.15, 0.2) is 11.2 Å². The number of nitrogen functional groups attached to an aromatic ring is 1. The van der Waals surface area contributed by atoms with Crippen LogP contribution in [0.4, 0.5) is 17.5 Å². The Morgan fingerprint density at radius 2 is 2.00 bits per heavy atom. The lowest BCUT2D eigenvalue weighted by Crippen LogP contribution is -2.38. The minimum atomic E-state index is 0.207. The second-order valence-electron chi connectivity index (χ2n) is 9.99. The van der Waals surface area contributed by atoms with Crippen LogP contribution in [-0.4, -0.2) is 63.0 Å². The summed E-state index contributed by atoms with van der Waals surface area (Å²) in [5.74, 6) is 0.433. The van der Waals surface area contributed by atoms with Crippen LogP contribution in [0.5, 0.6) is 0 Å². The highest BCUT2D eigenvalue weighted by Crippen LogP contribution is 2.34. The van der Waals surface area contributed by atoms with Crippen molar-refractivity contribution in [2.24, 2.45) is 0 Å². The Morgan fingerprint density at radius 3 is 2.82 bits per heavy atom. The van der Waals surface area contributed by atoms with Gasteiger partial charge in [0.25, 0.3) is 6.01 Å². The van der Waals surface area contributed by atoms with E-state index in [9.17, 15) is 0 Å². The number of nitrogens with two attached hydrogens (primary N) is 1. The monoisotopic (exact) mass is 512 g/mol. The van der Waals surface area contributed by atoms with Gasteiger partial charge < -0.3 is 20.2 Å². The molecule has 1 fully saturated rings. The van der Waals surface area contributed by atoms with E-state index in [-0.39, 0.29) is 6.04 Å². The van der Waals surface area contributed by atoms with Crippen molar-refractivity contribution < 1.29 is 9.15 Å². The molecule has 38 heavy (non-hydrogen) atoms. The fourth-order valence-corrected chi connectivity index (χ4v) is 5.37. The first kappa shape index (κ1) is 24.3. The summed E-state index contributed by atoms with van der Waals surface area (Å²) in [6.45, 7) is 7.68. The number of methoxy groups -OCH3 is 1. The number of nitrogens with zero attached hydrogens (tertiary/aromatic N) is 6. The number of nitrogens with one attached hydrogen (secondary N) is 1. The summed E-state index contributed by atoms with van der Waals surface area (Å²) in [6.07, 6.45) is 3.65. The van der Waals surface area contributed by atoms with Crippen molar-refractivity contribution in [1.29, 1.82) is 0 Å². The number of hydrogen-bond donors (Lipinski definition) is 2. The highest BCUT2D eigenvalue weighted by Gasteiger charge is 2.26. The topological polar surface area (TPSA) is 120 Å². The van der Waals surface area contributed by atoms with Crippen LogP contribution in [0.15, 0.2) is 47.1 Å². The van der Waals surface area contributed by atoms with E-state index in [0.29, 0.717) is 11.8 Å². The maximum absolute atomic E-state index is 6.36. The minimum absolute atomic E-state index is 0.207. The molecule has 0 bridgehead atoms. The van der Waals surface area contributed by atoms with Crippen LogP contribution in [0.3, 0.4) is 0 Å². The molecule has 1 aliphatic rings. The summed E-state index contributed by atoms with van der Waals surface area (Å²) in [4.78, 5) is 15.9. The molecule has 0 amide bonds.